The number of unbranched alkanes of at least 4 members (excludes halogenated alkanes) is 4. The summed E-state index contributed by atoms with van der Waals surface area (Å²) in [5, 5.41) is 1.11. The molecule has 3 nitrogen and oxygen atoms in total. The normalized spacial score (nSPS) is 11.3. The average Bonchev–Trinajstić information content (AvgIpc) is 2.83. The molecule has 2 aromatic rings. The van der Waals surface area contributed by atoms with Gasteiger partial charge >= 0.3 is 0 Å². The van der Waals surface area contributed by atoms with E-state index < -0.39 is 0 Å². The minimum atomic E-state index is 0.492. The Bertz CT molecular complexity index is 519. The second-order valence-electron chi connectivity index (χ2n) is 5.17. The molecule has 0 aliphatic rings. The van der Waals surface area contributed by atoms with Crippen LogP contribution in [0.25, 0.3) is 11.0 Å². The summed E-state index contributed by atoms with van der Waals surface area (Å²) in [5.74, 6) is 0.877. The van der Waals surface area contributed by atoms with Crippen LogP contribution in [0.15, 0.2) is 28.7 Å². The van der Waals surface area contributed by atoms with Crippen molar-refractivity contribution in [1.82, 2.24) is 0 Å². The van der Waals surface area contributed by atoms with E-state index in [1.165, 1.54) is 25.7 Å². The Labute approximate surface area is 121 Å². The fraction of sp³-hybridized carbons (Fsp3) is 0.529. The summed E-state index contributed by atoms with van der Waals surface area (Å²) in [6.07, 6.45) is 6.27. The number of hydrogen-bond donors (Lipinski definition) is 1. The monoisotopic (exact) mass is 275 g/mol. The molecule has 0 atom stereocenters. The van der Waals surface area contributed by atoms with E-state index in [9.17, 15) is 0 Å². The van der Waals surface area contributed by atoms with Crippen molar-refractivity contribution in [2.45, 2.75) is 52.2 Å². The van der Waals surface area contributed by atoms with Crippen LogP contribution in [0.4, 0.5) is 0 Å². The quantitative estimate of drug-likeness (QED) is 0.691. The topological polar surface area (TPSA) is 48.4 Å². The fourth-order valence-corrected chi connectivity index (χ4v) is 2.46. The average molecular weight is 275 g/mol. The Hall–Kier alpha value is -1.32. The second kappa shape index (κ2) is 8.08. The SMILES string of the molecule is CCCCCCCOCc1oc2ccccc2c1CN. The first-order chi connectivity index (χ1) is 9.86. The lowest BCUT2D eigenvalue weighted by atomic mass is 10.1. The van der Waals surface area contributed by atoms with Crippen molar-refractivity contribution in [3.63, 3.8) is 0 Å². The van der Waals surface area contributed by atoms with Crippen LogP contribution in [0.1, 0.15) is 50.4 Å². The van der Waals surface area contributed by atoms with Gasteiger partial charge in [-0.15, -0.1) is 0 Å². The Balaban J connectivity index is 1.83. The minimum absolute atomic E-state index is 0.492. The van der Waals surface area contributed by atoms with Gasteiger partial charge in [-0.25, -0.2) is 0 Å². The first-order valence-electron chi connectivity index (χ1n) is 7.64. The van der Waals surface area contributed by atoms with Crippen LogP contribution in [0.3, 0.4) is 0 Å². The van der Waals surface area contributed by atoms with Gasteiger partial charge < -0.3 is 14.9 Å². The molecule has 0 aliphatic heterocycles. The molecule has 0 aliphatic carbocycles. The first-order valence-corrected chi connectivity index (χ1v) is 7.64. The zero-order chi connectivity index (χ0) is 14.2. The molecular weight excluding hydrogens is 250 g/mol. The third kappa shape index (κ3) is 3.84. The molecule has 0 bridgehead atoms. The fourth-order valence-electron chi connectivity index (χ4n) is 2.46. The van der Waals surface area contributed by atoms with Crippen LogP contribution in [-0.4, -0.2) is 6.61 Å². The van der Waals surface area contributed by atoms with Gasteiger partial charge in [-0.05, 0) is 12.5 Å². The molecule has 1 heterocycles. The lowest BCUT2D eigenvalue weighted by molar-refractivity contribution is 0.103. The molecule has 0 saturated heterocycles. The van der Waals surface area contributed by atoms with E-state index in [-0.39, 0.29) is 0 Å². The zero-order valence-corrected chi connectivity index (χ0v) is 12.4. The minimum Gasteiger partial charge on any atom is -0.458 e. The number of nitrogens with two attached hydrogens (primary N) is 1. The summed E-state index contributed by atoms with van der Waals surface area (Å²) >= 11 is 0. The third-order valence-electron chi connectivity index (χ3n) is 3.61. The summed E-state index contributed by atoms with van der Waals surface area (Å²) in [6, 6.07) is 8.01. The predicted octanol–water partition coefficient (Wildman–Crippen LogP) is 4.38. The molecule has 3 heteroatoms. The van der Waals surface area contributed by atoms with Gasteiger partial charge in [-0.1, -0.05) is 50.8 Å². The number of benzene rings is 1. The van der Waals surface area contributed by atoms with Crippen molar-refractivity contribution >= 4 is 11.0 Å². The van der Waals surface area contributed by atoms with E-state index in [1.54, 1.807) is 0 Å². The molecule has 0 fully saturated rings. The molecule has 0 spiro atoms. The smallest absolute Gasteiger partial charge is 0.135 e. The molecule has 0 amide bonds. The van der Waals surface area contributed by atoms with E-state index >= 15 is 0 Å². The highest BCUT2D eigenvalue weighted by Crippen LogP contribution is 2.26. The summed E-state index contributed by atoms with van der Waals surface area (Å²) in [6.45, 7) is 4.04. The van der Waals surface area contributed by atoms with Crippen LogP contribution in [0.5, 0.6) is 0 Å². The van der Waals surface area contributed by atoms with Crippen molar-refractivity contribution in [3.8, 4) is 0 Å². The lowest BCUT2D eigenvalue weighted by Crippen LogP contribution is -2.01. The molecule has 110 valence electrons. The van der Waals surface area contributed by atoms with Gasteiger partial charge in [0.25, 0.3) is 0 Å². The van der Waals surface area contributed by atoms with E-state index in [0.29, 0.717) is 13.2 Å². The van der Waals surface area contributed by atoms with E-state index in [0.717, 1.165) is 35.3 Å². The number of hydrogen-bond acceptors (Lipinski definition) is 3. The van der Waals surface area contributed by atoms with Crippen LogP contribution in [-0.2, 0) is 17.9 Å². The van der Waals surface area contributed by atoms with Crippen LogP contribution < -0.4 is 5.73 Å². The molecule has 0 saturated carbocycles. The van der Waals surface area contributed by atoms with Crippen LogP contribution in [0, 0.1) is 0 Å². The van der Waals surface area contributed by atoms with Gasteiger partial charge in [0.15, 0.2) is 0 Å². The Morgan fingerprint density at radius 2 is 1.90 bits per heavy atom. The Morgan fingerprint density at radius 1 is 1.10 bits per heavy atom. The predicted molar refractivity (Wildman–Crippen MR) is 82.5 cm³/mol. The lowest BCUT2D eigenvalue weighted by Gasteiger charge is -2.04. The van der Waals surface area contributed by atoms with E-state index in [1.807, 2.05) is 18.2 Å². The molecule has 20 heavy (non-hydrogen) atoms. The van der Waals surface area contributed by atoms with Crippen molar-refractivity contribution < 1.29 is 9.15 Å². The van der Waals surface area contributed by atoms with E-state index in [4.69, 9.17) is 14.9 Å². The number of rotatable bonds is 9. The zero-order valence-electron chi connectivity index (χ0n) is 12.4. The highest BCUT2D eigenvalue weighted by Gasteiger charge is 2.12. The third-order valence-corrected chi connectivity index (χ3v) is 3.61. The highest BCUT2D eigenvalue weighted by molar-refractivity contribution is 5.82. The molecule has 1 aromatic carbocycles. The standard InChI is InChI=1S/C17H25NO2/c1-2-3-4-5-8-11-19-13-17-15(12-18)14-9-6-7-10-16(14)20-17/h6-7,9-10H,2-5,8,11-13,18H2,1H3. The number of para-hydroxylation sites is 1. The maximum atomic E-state index is 5.83. The summed E-state index contributed by atoms with van der Waals surface area (Å²) < 4.78 is 11.6. The van der Waals surface area contributed by atoms with Gasteiger partial charge in [0.05, 0.1) is 0 Å². The number of ether oxygens (including phenoxy) is 1. The maximum absolute atomic E-state index is 5.83. The molecule has 0 radical (unpaired) electrons. The van der Waals surface area contributed by atoms with Gasteiger partial charge in [0, 0.05) is 24.1 Å². The summed E-state index contributed by atoms with van der Waals surface area (Å²) in [7, 11) is 0. The van der Waals surface area contributed by atoms with Gasteiger partial charge in [-0.2, -0.15) is 0 Å². The molecule has 0 unspecified atom stereocenters. The molecular formula is C17H25NO2. The van der Waals surface area contributed by atoms with Crippen molar-refractivity contribution in [3.05, 3.63) is 35.6 Å². The highest BCUT2D eigenvalue weighted by atomic mass is 16.5. The van der Waals surface area contributed by atoms with Gasteiger partial charge in [-0.3, -0.25) is 0 Å². The van der Waals surface area contributed by atoms with Gasteiger partial charge in [0.2, 0.25) is 0 Å². The maximum Gasteiger partial charge on any atom is 0.135 e. The Morgan fingerprint density at radius 3 is 2.70 bits per heavy atom. The summed E-state index contributed by atoms with van der Waals surface area (Å²) in [5.41, 5.74) is 7.80. The number of furan rings is 1. The second-order valence-corrected chi connectivity index (χ2v) is 5.17. The largest absolute Gasteiger partial charge is 0.458 e. The first kappa shape index (κ1) is 15.1. The van der Waals surface area contributed by atoms with Crippen molar-refractivity contribution in [2.75, 3.05) is 6.61 Å². The molecule has 2 rings (SSSR count). The molecule has 1 aromatic heterocycles. The van der Waals surface area contributed by atoms with Crippen molar-refractivity contribution in [2.24, 2.45) is 5.73 Å². The van der Waals surface area contributed by atoms with Crippen LogP contribution in [0.2, 0.25) is 0 Å². The Kier molecular flexibility index (Phi) is 6.09. The van der Waals surface area contributed by atoms with Crippen molar-refractivity contribution in [1.29, 1.82) is 0 Å². The number of fused-ring (bicyclic) bond motifs is 1. The van der Waals surface area contributed by atoms with Crippen LogP contribution >= 0.6 is 0 Å². The van der Waals surface area contributed by atoms with E-state index in [2.05, 4.69) is 13.0 Å². The van der Waals surface area contributed by atoms with Gasteiger partial charge in [0.1, 0.15) is 18.0 Å². The summed E-state index contributed by atoms with van der Waals surface area (Å²) in [4.78, 5) is 0. The molecule has 2 N–H and O–H groups in total.